The van der Waals surface area contributed by atoms with Gasteiger partial charge in [0.05, 0.1) is 25.4 Å². The molecule has 0 saturated carbocycles. The molecule has 0 aromatic rings. The van der Waals surface area contributed by atoms with Crippen LogP contribution in [0, 0.1) is 5.41 Å². The van der Waals surface area contributed by atoms with Crippen LogP contribution in [0.5, 0.6) is 0 Å². The van der Waals surface area contributed by atoms with E-state index in [0.717, 1.165) is 12.8 Å². The zero-order chi connectivity index (χ0) is 16.1. The fraction of sp³-hybridized carbons (Fsp3) is 1.00. The minimum absolute atomic E-state index is 0.000111. The molecule has 8 heteroatoms. The molecule has 0 radical (unpaired) electrons. The summed E-state index contributed by atoms with van der Waals surface area (Å²) in [7, 11) is -1.49. The molecule has 1 heterocycles. The largest absolute Gasteiger partial charge is 0.340 e. The maximum atomic E-state index is 5.85. The highest BCUT2D eigenvalue weighted by atomic mass is 32.5. The second-order valence-electron chi connectivity index (χ2n) is 6.11. The molecule has 1 saturated heterocycles. The van der Waals surface area contributed by atoms with Gasteiger partial charge in [-0.05, 0) is 38.5 Å². The molecule has 1 rings (SSSR count). The lowest BCUT2D eigenvalue weighted by molar-refractivity contribution is 0.0349. The lowest BCUT2D eigenvalue weighted by atomic mass is 9.97. The summed E-state index contributed by atoms with van der Waals surface area (Å²) in [5.41, 5.74) is -0.000111. The van der Waals surface area contributed by atoms with E-state index in [4.69, 9.17) is 34.2 Å². The number of rotatable bonds is 8. The molecule has 126 valence electrons. The predicted octanol–water partition coefficient (Wildman–Crippen LogP) is 5.16. The Kier molecular flexibility index (Phi) is 8.21. The maximum Gasteiger partial charge on any atom is 0.340 e. The molecule has 1 fully saturated rings. The molecule has 0 N–H and O–H groups in total. The summed E-state index contributed by atoms with van der Waals surface area (Å²) in [4.78, 5) is 0. The average molecular weight is 358 g/mol. The van der Waals surface area contributed by atoms with Crippen molar-refractivity contribution < 1.29 is 22.4 Å². The fourth-order valence-corrected chi connectivity index (χ4v) is 6.24. The minimum Gasteiger partial charge on any atom is -0.311 e. The normalized spacial score (nSPS) is 25.2. The summed E-state index contributed by atoms with van der Waals surface area (Å²) in [6.45, 7) is 10.5. The molecule has 21 heavy (non-hydrogen) atoms. The molecule has 2 atom stereocenters. The molecule has 0 aromatic heterocycles. The van der Waals surface area contributed by atoms with Crippen molar-refractivity contribution in [1.82, 2.24) is 0 Å². The van der Waals surface area contributed by atoms with Crippen LogP contribution in [0.1, 0.15) is 54.4 Å². The summed E-state index contributed by atoms with van der Waals surface area (Å²) in [5.74, 6) is 0. The molecule has 1 aliphatic rings. The van der Waals surface area contributed by atoms with Crippen molar-refractivity contribution in [2.75, 3.05) is 13.2 Å². The lowest BCUT2D eigenvalue weighted by Gasteiger charge is -2.35. The third-order valence-electron chi connectivity index (χ3n) is 3.06. The minimum atomic E-state index is -2.86. The highest BCUT2D eigenvalue weighted by Crippen LogP contribution is 2.64. The monoisotopic (exact) mass is 358 g/mol. The van der Waals surface area contributed by atoms with Gasteiger partial charge < -0.3 is 18.1 Å². The van der Waals surface area contributed by atoms with Crippen molar-refractivity contribution in [1.29, 1.82) is 0 Å². The predicted molar refractivity (Wildman–Crippen MR) is 89.7 cm³/mol. The van der Waals surface area contributed by atoms with Gasteiger partial charge in [0.1, 0.15) is 0 Å². The van der Waals surface area contributed by atoms with Crippen molar-refractivity contribution >= 4 is 27.1 Å². The Labute approximate surface area is 135 Å². The highest BCUT2D eigenvalue weighted by Gasteiger charge is 2.36. The second-order valence-corrected chi connectivity index (χ2v) is 10.4. The number of hydrogen-bond acceptors (Lipinski definition) is 6. The summed E-state index contributed by atoms with van der Waals surface area (Å²) < 4.78 is 28.8. The smallest absolute Gasteiger partial charge is 0.311 e. The van der Waals surface area contributed by atoms with Gasteiger partial charge in [0.25, 0.3) is 0 Å². The molecular weight excluding hydrogens is 330 g/mol. The van der Waals surface area contributed by atoms with Crippen LogP contribution in [0.25, 0.3) is 0 Å². The summed E-state index contributed by atoms with van der Waals surface area (Å²) in [5, 5.41) is 0. The quantitative estimate of drug-likeness (QED) is 0.559. The fourth-order valence-electron chi connectivity index (χ4n) is 1.32. The van der Waals surface area contributed by atoms with E-state index in [0.29, 0.717) is 13.2 Å². The van der Waals surface area contributed by atoms with Crippen LogP contribution in [0.3, 0.4) is 0 Å². The highest BCUT2D eigenvalue weighted by molar-refractivity contribution is 8.08. The Morgan fingerprint density at radius 1 is 1.10 bits per heavy atom. The van der Waals surface area contributed by atoms with Crippen molar-refractivity contribution in [3.63, 3.8) is 0 Å². The Morgan fingerprint density at radius 2 is 1.52 bits per heavy atom. The zero-order valence-electron chi connectivity index (χ0n) is 13.8. The molecule has 5 nitrogen and oxygen atoms in total. The van der Waals surface area contributed by atoms with Gasteiger partial charge in [0, 0.05) is 5.41 Å². The van der Waals surface area contributed by atoms with Crippen LogP contribution in [-0.4, -0.2) is 25.4 Å². The van der Waals surface area contributed by atoms with E-state index in [-0.39, 0.29) is 17.6 Å². The zero-order valence-corrected chi connectivity index (χ0v) is 16.4. The number of hydrogen-bond donors (Lipinski definition) is 0. The molecule has 0 amide bonds. The van der Waals surface area contributed by atoms with E-state index >= 15 is 0 Å². The third kappa shape index (κ3) is 7.32. The van der Waals surface area contributed by atoms with E-state index in [1.165, 1.54) is 0 Å². The first-order valence-electron chi connectivity index (χ1n) is 7.42. The van der Waals surface area contributed by atoms with Gasteiger partial charge in [-0.3, -0.25) is 0 Å². The first kappa shape index (κ1) is 19.9. The van der Waals surface area contributed by atoms with E-state index in [1.54, 1.807) is 0 Å². The van der Waals surface area contributed by atoms with E-state index in [1.807, 2.05) is 27.7 Å². The van der Waals surface area contributed by atoms with Gasteiger partial charge in [-0.15, -0.1) is 0 Å². The molecule has 2 unspecified atom stereocenters. The first-order chi connectivity index (χ1) is 9.69. The van der Waals surface area contributed by atoms with Crippen LogP contribution in [0.2, 0.25) is 0 Å². The van der Waals surface area contributed by atoms with Crippen molar-refractivity contribution in [3.05, 3.63) is 0 Å². The van der Waals surface area contributed by atoms with E-state index in [9.17, 15) is 0 Å². The lowest BCUT2D eigenvalue weighted by Crippen LogP contribution is -2.28. The van der Waals surface area contributed by atoms with E-state index < -0.39 is 15.3 Å². The molecule has 0 aliphatic carbocycles. The Bertz CT molecular complexity index is 340. The van der Waals surface area contributed by atoms with Crippen molar-refractivity contribution in [2.45, 2.75) is 66.6 Å². The molecule has 0 spiro atoms. The van der Waals surface area contributed by atoms with Gasteiger partial charge in [-0.2, -0.15) is 0 Å². The summed E-state index contributed by atoms with van der Waals surface area (Å²) in [6.07, 6.45) is 1.66. The molecule has 0 bridgehead atoms. The van der Waals surface area contributed by atoms with Crippen molar-refractivity contribution in [3.8, 4) is 0 Å². The van der Waals surface area contributed by atoms with Crippen LogP contribution in [0.15, 0.2) is 0 Å². The van der Waals surface area contributed by atoms with Gasteiger partial charge in [0.2, 0.25) is 0 Å². The van der Waals surface area contributed by atoms with Crippen LogP contribution < -0.4 is 0 Å². The van der Waals surface area contributed by atoms with Gasteiger partial charge in [-0.1, -0.05) is 27.7 Å². The van der Waals surface area contributed by atoms with Gasteiger partial charge >= 0.3 is 15.3 Å². The summed E-state index contributed by atoms with van der Waals surface area (Å²) >= 11 is 5.53. The second kappa shape index (κ2) is 8.65. The Balaban J connectivity index is 2.66. The molecular formula is C13H28O5P2S. The molecule has 1 aliphatic heterocycles. The SMILES string of the molecule is CCC(C)OP(=S)(OC(C)CC)OP1OCC(C)(C)CO1. The van der Waals surface area contributed by atoms with Crippen LogP contribution >= 0.6 is 15.3 Å². The van der Waals surface area contributed by atoms with Gasteiger partial charge in [-0.25, -0.2) is 4.31 Å². The van der Waals surface area contributed by atoms with E-state index in [2.05, 4.69) is 13.8 Å². The maximum absolute atomic E-state index is 5.85. The topological polar surface area (TPSA) is 46.2 Å². The van der Waals surface area contributed by atoms with Crippen molar-refractivity contribution in [2.24, 2.45) is 5.41 Å². The standard InChI is InChI=1S/C13H28O5P2S/c1-7-11(3)16-20(21,17-12(4)8-2)18-19-14-9-13(5,6)10-15-19/h11-12H,7-10H2,1-6H3. The van der Waals surface area contributed by atoms with Crippen LogP contribution in [-0.2, 0) is 34.2 Å². The molecule has 0 aromatic carbocycles. The first-order valence-corrected chi connectivity index (χ1v) is 11.1. The van der Waals surface area contributed by atoms with Crippen LogP contribution in [0.4, 0.5) is 0 Å². The summed E-state index contributed by atoms with van der Waals surface area (Å²) in [6, 6.07) is 0. The Hall–Kier alpha value is 0.880. The average Bonchev–Trinajstić information content (AvgIpc) is 2.40. The van der Waals surface area contributed by atoms with Gasteiger partial charge in [0.15, 0.2) is 0 Å². The Morgan fingerprint density at radius 3 is 1.90 bits per heavy atom. The third-order valence-corrected chi connectivity index (χ3v) is 7.42.